The van der Waals surface area contributed by atoms with Crippen molar-refractivity contribution in [3.05, 3.63) is 23.1 Å². The van der Waals surface area contributed by atoms with E-state index in [1.54, 1.807) is 6.07 Å². The fraction of sp³-hybridized carbons (Fsp3) is 0.500. The van der Waals surface area contributed by atoms with Gasteiger partial charge in [0.05, 0.1) is 5.69 Å². The Labute approximate surface area is 113 Å². The molecular weight excluding hydrogens is 268 g/mol. The molecule has 0 aliphatic carbocycles. The third kappa shape index (κ3) is 3.82. The fourth-order valence-electron chi connectivity index (χ4n) is 2.04. The Morgan fingerprint density at radius 2 is 2.16 bits per heavy atom. The van der Waals surface area contributed by atoms with Gasteiger partial charge in [-0.2, -0.15) is 0 Å². The molecule has 2 rings (SSSR count). The zero-order valence-corrected chi connectivity index (χ0v) is 11.1. The van der Waals surface area contributed by atoms with Gasteiger partial charge in [-0.05, 0) is 53.2 Å². The first-order valence-electron chi connectivity index (χ1n) is 6.09. The van der Waals surface area contributed by atoms with E-state index in [4.69, 9.17) is 4.74 Å². The first-order chi connectivity index (χ1) is 9.20. The lowest BCUT2D eigenvalue weighted by molar-refractivity contribution is 0.0699. The van der Waals surface area contributed by atoms with E-state index in [1.165, 1.54) is 12.1 Å². The van der Waals surface area contributed by atoms with Crippen molar-refractivity contribution < 1.29 is 13.5 Å². The molecule has 0 radical (unpaired) electrons. The van der Waals surface area contributed by atoms with Gasteiger partial charge in [0.15, 0.2) is 0 Å². The molecule has 1 heterocycles. The Bertz CT molecular complexity index is 475. The van der Waals surface area contributed by atoms with Crippen LogP contribution in [0, 0.1) is 10.8 Å². The van der Waals surface area contributed by atoms with Gasteiger partial charge >= 0.3 is 0 Å². The monoisotopic (exact) mass is 283 g/mol. The van der Waals surface area contributed by atoms with Gasteiger partial charge in [0, 0.05) is 24.7 Å². The molecule has 0 amide bonds. The fourth-order valence-corrected chi connectivity index (χ4v) is 2.43. The maximum Gasteiger partial charge on any atom is 0.132 e. The van der Waals surface area contributed by atoms with Crippen LogP contribution in [-0.4, -0.2) is 28.5 Å². The van der Waals surface area contributed by atoms with E-state index in [2.05, 4.69) is 10.5 Å². The van der Waals surface area contributed by atoms with Crippen molar-refractivity contribution >= 4 is 22.5 Å². The second-order valence-electron chi connectivity index (χ2n) is 4.44. The minimum atomic E-state index is -2.35. The summed E-state index contributed by atoms with van der Waals surface area (Å²) in [6, 6.07) is 4.29. The first kappa shape index (κ1) is 14.1. The Morgan fingerprint density at radius 3 is 2.79 bits per heavy atom. The lowest BCUT2D eigenvalue weighted by Gasteiger charge is -2.23. The number of anilines is 1. The van der Waals surface area contributed by atoms with E-state index in [0.29, 0.717) is 11.6 Å². The predicted molar refractivity (Wildman–Crippen MR) is 71.1 cm³/mol. The van der Waals surface area contributed by atoms with Crippen LogP contribution in [0.3, 0.4) is 0 Å². The van der Waals surface area contributed by atoms with Gasteiger partial charge < -0.3 is 14.6 Å². The quantitative estimate of drug-likeness (QED) is 0.660. The van der Waals surface area contributed by atoms with Gasteiger partial charge in [0.1, 0.15) is 5.69 Å². The van der Waals surface area contributed by atoms with Crippen LogP contribution in [0.15, 0.2) is 28.3 Å². The average Bonchev–Trinajstić information content (AvgIpc) is 2.45. The third-order valence-electron chi connectivity index (χ3n) is 3.18. The lowest BCUT2D eigenvalue weighted by Crippen LogP contribution is -2.22. The van der Waals surface area contributed by atoms with E-state index in [9.17, 15) is 13.7 Å². The molecule has 1 fully saturated rings. The van der Waals surface area contributed by atoms with Gasteiger partial charge in [-0.25, -0.2) is 0 Å². The van der Waals surface area contributed by atoms with E-state index in [1.807, 2.05) is 0 Å². The Morgan fingerprint density at radius 1 is 1.42 bits per heavy atom. The molecule has 1 aromatic carbocycles. The molecule has 0 bridgehead atoms. The molecule has 1 unspecified atom stereocenters. The molecule has 0 aromatic heterocycles. The Balaban J connectivity index is 2.02. The summed E-state index contributed by atoms with van der Waals surface area (Å²) in [7, 11) is 0. The highest BCUT2D eigenvalue weighted by atomic mass is 32.2. The molecule has 6 nitrogen and oxygen atoms in total. The SMILES string of the molecule is O=Nc1cc(S(=O)[O-])ccc1NCC1CCOCC1. The van der Waals surface area contributed by atoms with Crippen molar-refractivity contribution in [3.63, 3.8) is 0 Å². The molecule has 19 heavy (non-hydrogen) atoms. The Hall–Kier alpha value is -1.31. The smallest absolute Gasteiger partial charge is 0.132 e. The lowest BCUT2D eigenvalue weighted by atomic mass is 10.0. The van der Waals surface area contributed by atoms with Crippen LogP contribution in [0.25, 0.3) is 0 Å². The number of nitrogens with zero attached hydrogens (tertiary/aromatic N) is 1. The normalized spacial score (nSPS) is 17.9. The number of benzene rings is 1. The maximum absolute atomic E-state index is 10.8. The average molecular weight is 283 g/mol. The van der Waals surface area contributed by atoms with Crippen LogP contribution in [0.5, 0.6) is 0 Å². The molecule has 1 N–H and O–H groups in total. The van der Waals surface area contributed by atoms with Crippen LogP contribution in [0.4, 0.5) is 11.4 Å². The van der Waals surface area contributed by atoms with Gasteiger partial charge in [-0.15, -0.1) is 4.91 Å². The number of nitroso groups, excluding NO2 is 1. The summed E-state index contributed by atoms with van der Waals surface area (Å²) >= 11 is -2.35. The number of ether oxygens (including phenoxy) is 1. The molecule has 7 heteroatoms. The molecule has 0 spiro atoms. The molecule has 1 aliphatic heterocycles. The Kier molecular flexibility index (Phi) is 5.00. The van der Waals surface area contributed by atoms with Crippen molar-refractivity contribution in [3.8, 4) is 0 Å². The molecule has 104 valence electrons. The summed E-state index contributed by atoms with van der Waals surface area (Å²) in [4.78, 5) is 10.8. The second-order valence-corrected chi connectivity index (χ2v) is 5.38. The van der Waals surface area contributed by atoms with E-state index in [0.717, 1.165) is 32.6 Å². The van der Waals surface area contributed by atoms with Gasteiger partial charge in [0.2, 0.25) is 0 Å². The third-order valence-corrected chi connectivity index (χ3v) is 3.82. The minimum absolute atomic E-state index is 0.0613. The molecule has 1 atom stereocenters. The molecule has 0 saturated carbocycles. The highest BCUT2D eigenvalue weighted by molar-refractivity contribution is 7.79. The van der Waals surface area contributed by atoms with Crippen molar-refractivity contribution in [2.45, 2.75) is 17.7 Å². The van der Waals surface area contributed by atoms with Crippen molar-refractivity contribution in [1.82, 2.24) is 0 Å². The summed E-state index contributed by atoms with van der Waals surface area (Å²) < 4.78 is 26.9. The first-order valence-corrected chi connectivity index (χ1v) is 7.16. The molecular formula is C12H15N2O4S-. The predicted octanol–water partition coefficient (Wildman–Crippen LogP) is 2.16. The largest absolute Gasteiger partial charge is 0.768 e. The molecule has 1 aromatic rings. The van der Waals surface area contributed by atoms with Crippen molar-refractivity contribution in [1.29, 1.82) is 0 Å². The summed E-state index contributed by atoms with van der Waals surface area (Å²) in [5.41, 5.74) is 0.685. The molecule has 1 saturated heterocycles. The standard InChI is InChI=1S/C12H16N2O4S/c15-14-12-7-10(19(16)17)1-2-11(12)13-8-9-3-5-18-6-4-9/h1-2,7,9,13H,3-6,8H2,(H,16,17)/p-1. The van der Waals surface area contributed by atoms with Crippen molar-refractivity contribution in [2.75, 3.05) is 25.1 Å². The minimum Gasteiger partial charge on any atom is -0.768 e. The van der Waals surface area contributed by atoms with Crippen LogP contribution < -0.4 is 5.32 Å². The van der Waals surface area contributed by atoms with Gasteiger partial charge in [-0.1, -0.05) is 0 Å². The number of rotatable bonds is 5. The van der Waals surface area contributed by atoms with E-state index >= 15 is 0 Å². The van der Waals surface area contributed by atoms with E-state index in [-0.39, 0.29) is 10.6 Å². The van der Waals surface area contributed by atoms with Crippen LogP contribution in [0.2, 0.25) is 0 Å². The number of hydrogen-bond acceptors (Lipinski definition) is 6. The summed E-state index contributed by atoms with van der Waals surface area (Å²) in [6.45, 7) is 2.25. The number of hydrogen-bond donors (Lipinski definition) is 1. The number of nitrogens with one attached hydrogen (secondary N) is 1. The molecule has 1 aliphatic rings. The zero-order valence-electron chi connectivity index (χ0n) is 10.3. The maximum atomic E-state index is 10.8. The zero-order chi connectivity index (χ0) is 13.7. The summed E-state index contributed by atoms with van der Waals surface area (Å²) in [5.74, 6) is 0.501. The van der Waals surface area contributed by atoms with E-state index < -0.39 is 11.1 Å². The highest BCUT2D eigenvalue weighted by Crippen LogP contribution is 2.28. The summed E-state index contributed by atoms with van der Waals surface area (Å²) in [5, 5.41) is 6.02. The van der Waals surface area contributed by atoms with Gasteiger partial charge in [-0.3, -0.25) is 4.21 Å². The highest BCUT2D eigenvalue weighted by Gasteiger charge is 2.14. The van der Waals surface area contributed by atoms with Crippen LogP contribution in [0.1, 0.15) is 12.8 Å². The van der Waals surface area contributed by atoms with Crippen molar-refractivity contribution in [2.24, 2.45) is 11.1 Å². The topological polar surface area (TPSA) is 90.8 Å². The van der Waals surface area contributed by atoms with Crippen LogP contribution >= 0.6 is 0 Å². The van der Waals surface area contributed by atoms with Gasteiger partial charge in [0.25, 0.3) is 0 Å². The van der Waals surface area contributed by atoms with Crippen LogP contribution in [-0.2, 0) is 15.8 Å². The second kappa shape index (κ2) is 6.74. The summed E-state index contributed by atoms with van der Waals surface area (Å²) in [6.07, 6.45) is 1.97.